The fourth-order valence-electron chi connectivity index (χ4n) is 3.32. The Bertz CT molecular complexity index is 464. The molecular weight excluding hydrogens is 260 g/mol. The van der Waals surface area contributed by atoms with Gasteiger partial charge in [0.15, 0.2) is 0 Å². The van der Waals surface area contributed by atoms with Gasteiger partial charge < -0.3 is 10.2 Å². The van der Waals surface area contributed by atoms with E-state index in [0.29, 0.717) is 18.2 Å². The number of piperidine rings is 1. The summed E-state index contributed by atoms with van der Waals surface area (Å²) in [4.78, 5) is 14.5. The zero-order valence-corrected chi connectivity index (χ0v) is 13.6. The molecule has 0 saturated carbocycles. The number of hydrogen-bond donors (Lipinski definition) is 1. The van der Waals surface area contributed by atoms with Crippen molar-refractivity contribution in [2.45, 2.75) is 39.0 Å². The van der Waals surface area contributed by atoms with Crippen molar-refractivity contribution in [1.29, 1.82) is 0 Å². The van der Waals surface area contributed by atoms with Gasteiger partial charge in [0, 0.05) is 19.5 Å². The van der Waals surface area contributed by atoms with Gasteiger partial charge in [0.2, 0.25) is 5.91 Å². The summed E-state index contributed by atoms with van der Waals surface area (Å²) in [6.07, 6.45) is 2.89. The number of rotatable bonds is 5. The molecule has 1 aliphatic rings. The Morgan fingerprint density at radius 3 is 2.62 bits per heavy atom. The van der Waals surface area contributed by atoms with E-state index in [1.807, 2.05) is 7.05 Å². The van der Waals surface area contributed by atoms with E-state index in [1.165, 1.54) is 11.1 Å². The largest absolute Gasteiger partial charge is 0.343 e. The molecule has 21 heavy (non-hydrogen) atoms. The minimum Gasteiger partial charge on any atom is -0.343 e. The maximum atomic E-state index is 12.5. The van der Waals surface area contributed by atoms with Crippen molar-refractivity contribution >= 4 is 5.91 Å². The lowest BCUT2D eigenvalue weighted by atomic mass is 9.92. The molecule has 1 aromatic carbocycles. The van der Waals surface area contributed by atoms with E-state index in [4.69, 9.17) is 0 Å². The highest BCUT2D eigenvalue weighted by Gasteiger charge is 2.23. The first kappa shape index (κ1) is 16.0. The number of carbonyl (C=O) groups excluding carboxylic acids is 1. The third kappa shape index (κ3) is 4.31. The van der Waals surface area contributed by atoms with E-state index >= 15 is 0 Å². The van der Waals surface area contributed by atoms with Crippen LogP contribution in [-0.4, -0.2) is 37.5 Å². The third-order valence-electron chi connectivity index (χ3n) is 4.66. The first-order chi connectivity index (χ1) is 10.1. The van der Waals surface area contributed by atoms with E-state index in [2.05, 4.69) is 48.3 Å². The minimum absolute atomic E-state index is 0.300. The number of benzene rings is 1. The van der Waals surface area contributed by atoms with Gasteiger partial charge >= 0.3 is 0 Å². The summed E-state index contributed by atoms with van der Waals surface area (Å²) in [6, 6.07) is 8.39. The molecular formula is C18H28N2O. The molecule has 3 heteroatoms. The number of carbonyl (C=O) groups is 1. The van der Waals surface area contributed by atoms with Gasteiger partial charge in [-0.1, -0.05) is 31.2 Å². The van der Waals surface area contributed by atoms with Crippen LogP contribution in [-0.2, 0) is 4.79 Å². The molecule has 1 saturated heterocycles. The van der Waals surface area contributed by atoms with Gasteiger partial charge in [0.25, 0.3) is 0 Å². The number of nitrogens with one attached hydrogen (secondary N) is 1. The average Bonchev–Trinajstić information content (AvgIpc) is 2.48. The number of hydrogen-bond acceptors (Lipinski definition) is 2. The Morgan fingerprint density at radius 1 is 1.33 bits per heavy atom. The lowest BCUT2D eigenvalue weighted by molar-refractivity contribution is -0.132. The fraction of sp³-hybridized carbons (Fsp3) is 0.611. The summed E-state index contributed by atoms with van der Waals surface area (Å²) >= 11 is 0. The number of aryl methyl sites for hydroxylation is 1. The summed E-state index contributed by atoms with van der Waals surface area (Å²) in [7, 11) is 2.00. The van der Waals surface area contributed by atoms with E-state index < -0.39 is 0 Å². The summed E-state index contributed by atoms with van der Waals surface area (Å²) < 4.78 is 0. The lowest BCUT2D eigenvalue weighted by Crippen LogP contribution is -2.40. The lowest BCUT2D eigenvalue weighted by Gasteiger charge is -2.32. The molecule has 1 aromatic rings. The molecule has 2 rings (SSSR count). The SMILES string of the molecule is CNCC1CCN(C(=O)CC(C)c2ccccc2C)CC1. The van der Waals surface area contributed by atoms with Gasteiger partial charge in [-0.2, -0.15) is 0 Å². The number of amides is 1. The van der Waals surface area contributed by atoms with Crippen LogP contribution in [0.25, 0.3) is 0 Å². The Morgan fingerprint density at radius 2 is 2.00 bits per heavy atom. The molecule has 0 bridgehead atoms. The maximum Gasteiger partial charge on any atom is 0.223 e. The molecule has 1 heterocycles. The highest BCUT2D eigenvalue weighted by molar-refractivity contribution is 5.77. The van der Waals surface area contributed by atoms with Gasteiger partial charge in [-0.3, -0.25) is 4.79 Å². The van der Waals surface area contributed by atoms with Crippen LogP contribution in [0, 0.1) is 12.8 Å². The normalized spacial score (nSPS) is 17.8. The van der Waals surface area contributed by atoms with Crippen molar-refractivity contribution in [2.24, 2.45) is 5.92 Å². The zero-order valence-electron chi connectivity index (χ0n) is 13.6. The second-order valence-electron chi connectivity index (χ2n) is 6.34. The number of likely N-dealkylation sites (tertiary alicyclic amines) is 1. The Kier molecular flexibility index (Phi) is 5.80. The Hall–Kier alpha value is -1.35. The summed E-state index contributed by atoms with van der Waals surface area (Å²) in [6.45, 7) is 7.20. The summed E-state index contributed by atoms with van der Waals surface area (Å²) in [5.41, 5.74) is 2.58. The fourth-order valence-corrected chi connectivity index (χ4v) is 3.32. The van der Waals surface area contributed by atoms with Crippen molar-refractivity contribution in [3.8, 4) is 0 Å². The molecule has 116 valence electrons. The average molecular weight is 288 g/mol. The van der Waals surface area contributed by atoms with Crippen molar-refractivity contribution < 1.29 is 4.79 Å². The quantitative estimate of drug-likeness (QED) is 0.903. The third-order valence-corrected chi connectivity index (χ3v) is 4.66. The van der Waals surface area contributed by atoms with E-state index in [-0.39, 0.29) is 0 Å². The molecule has 0 radical (unpaired) electrons. The van der Waals surface area contributed by atoms with Crippen molar-refractivity contribution in [1.82, 2.24) is 10.2 Å². The van der Waals surface area contributed by atoms with Crippen LogP contribution in [0.3, 0.4) is 0 Å². The van der Waals surface area contributed by atoms with Crippen LogP contribution in [0.4, 0.5) is 0 Å². The topological polar surface area (TPSA) is 32.3 Å². The Balaban J connectivity index is 1.86. The first-order valence-electron chi connectivity index (χ1n) is 8.09. The van der Waals surface area contributed by atoms with Crippen molar-refractivity contribution in [3.05, 3.63) is 35.4 Å². The molecule has 0 aliphatic carbocycles. The predicted molar refractivity (Wildman–Crippen MR) is 87.4 cm³/mol. The highest BCUT2D eigenvalue weighted by atomic mass is 16.2. The summed E-state index contributed by atoms with van der Waals surface area (Å²) in [5, 5.41) is 3.24. The Labute approximate surface area is 128 Å². The molecule has 3 nitrogen and oxygen atoms in total. The van der Waals surface area contributed by atoms with Crippen LogP contribution < -0.4 is 5.32 Å². The minimum atomic E-state index is 0.300. The van der Waals surface area contributed by atoms with Crippen molar-refractivity contribution in [3.63, 3.8) is 0 Å². The van der Waals surface area contributed by atoms with Gasteiger partial charge in [0.1, 0.15) is 0 Å². The van der Waals surface area contributed by atoms with E-state index in [1.54, 1.807) is 0 Å². The zero-order chi connectivity index (χ0) is 15.2. The van der Waals surface area contributed by atoms with Gasteiger partial charge in [0.05, 0.1) is 0 Å². The van der Waals surface area contributed by atoms with Crippen LogP contribution >= 0.6 is 0 Å². The van der Waals surface area contributed by atoms with E-state index in [0.717, 1.165) is 38.4 Å². The smallest absolute Gasteiger partial charge is 0.223 e. The van der Waals surface area contributed by atoms with Gasteiger partial charge in [-0.05, 0) is 56.3 Å². The molecule has 0 spiro atoms. The van der Waals surface area contributed by atoms with Crippen molar-refractivity contribution in [2.75, 3.05) is 26.7 Å². The molecule has 1 amide bonds. The second kappa shape index (κ2) is 7.60. The maximum absolute atomic E-state index is 12.5. The van der Waals surface area contributed by atoms with Gasteiger partial charge in [-0.25, -0.2) is 0 Å². The van der Waals surface area contributed by atoms with Crippen LogP contribution in [0.2, 0.25) is 0 Å². The van der Waals surface area contributed by atoms with E-state index in [9.17, 15) is 4.79 Å². The van der Waals surface area contributed by atoms with Crippen LogP contribution in [0.1, 0.15) is 43.2 Å². The molecule has 1 atom stereocenters. The summed E-state index contributed by atoms with van der Waals surface area (Å²) in [5.74, 6) is 1.34. The number of nitrogens with zero attached hydrogens (tertiary/aromatic N) is 1. The monoisotopic (exact) mass is 288 g/mol. The molecule has 1 unspecified atom stereocenters. The molecule has 0 aromatic heterocycles. The molecule has 1 N–H and O–H groups in total. The first-order valence-corrected chi connectivity index (χ1v) is 8.09. The highest BCUT2D eigenvalue weighted by Crippen LogP contribution is 2.24. The van der Waals surface area contributed by atoms with Crippen LogP contribution in [0.5, 0.6) is 0 Å². The molecule has 1 aliphatic heterocycles. The molecule has 1 fully saturated rings. The van der Waals surface area contributed by atoms with Gasteiger partial charge in [-0.15, -0.1) is 0 Å². The predicted octanol–water partition coefficient (Wildman–Crippen LogP) is 2.95. The second-order valence-corrected chi connectivity index (χ2v) is 6.34. The van der Waals surface area contributed by atoms with Crippen LogP contribution in [0.15, 0.2) is 24.3 Å². The standard InChI is InChI=1S/C18H28N2O/c1-14-6-4-5-7-17(14)15(2)12-18(21)20-10-8-16(9-11-20)13-19-3/h4-7,15-16,19H,8-13H2,1-3H3.